The van der Waals surface area contributed by atoms with Crippen molar-refractivity contribution in [3.05, 3.63) is 50.4 Å². The zero-order valence-electron chi connectivity index (χ0n) is 10.4. The summed E-state index contributed by atoms with van der Waals surface area (Å²) >= 11 is 1.40. The topological polar surface area (TPSA) is 79.0 Å². The van der Waals surface area contributed by atoms with E-state index in [1.54, 1.807) is 25.1 Å². The lowest BCUT2D eigenvalue weighted by atomic mass is 10.2. The molecule has 0 fully saturated rings. The Morgan fingerprint density at radius 1 is 1.37 bits per heavy atom. The number of nitrogens with one attached hydrogen (secondary N) is 1. The largest absolute Gasteiger partial charge is 0.341 e. The van der Waals surface area contributed by atoms with Crippen molar-refractivity contribution in [2.45, 2.75) is 13.8 Å². The average Bonchev–Trinajstić information content (AvgIpc) is 2.71. The van der Waals surface area contributed by atoms with Gasteiger partial charge in [-0.05, 0) is 31.5 Å². The number of nitrogens with zero attached hydrogens (tertiary/aromatic N) is 2. The maximum atomic E-state index is 11.0. The molecule has 0 saturated carbocycles. The predicted molar refractivity (Wildman–Crippen MR) is 74.9 cm³/mol. The molecular weight excluding hydrogens is 262 g/mol. The van der Waals surface area contributed by atoms with E-state index in [1.165, 1.54) is 17.4 Å². The summed E-state index contributed by atoms with van der Waals surface area (Å²) in [6.45, 7) is 3.69. The average molecular weight is 273 g/mol. The van der Waals surface area contributed by atoms with Crippen molar-refractivity contribution in [2.24, 2.45) is 0 Å². The highest BCUT2D eigenvalue weighted by Crippen LogP contribution is 2.34. The van der Waals surface area contributed by atoms with Gasteiger partial charge in [-0.3, -0.25) is 10.1 Å². The van der Waals surface area contributed by atoms with Crippen molar-refractivity contribution in [2.75, 3.05) is 5.32 Å². The highest BCUT2D eigenvalue weighted by Gasteiger charge is 2.16. The number of aryl methyl sites for hydroxylation is 2. The highest BCUT2D eigenvalue weighted by atomic mass is 32.1. The normalized spacial score (nSPS) is 9.95. The van der Waals surface area contributed by atoms with Crippen LogP contribution in [-0.4, -0.2) is 4.92 Å². The van der Waals surface area contributed by atoms with Gasteiger partial charge in [0.1, 0.15) is 16.8 Å². The van der Waals surface area contributed by atoms with E-state index in [9.17, 15) is 10.1 Å². The molecule has 1 aromatic heterocycles. The van der Waals surface area contributed by atoms with Crippen LogP contribution in [-0.2, 0) is 0 Å². The summed E-state index contributed by atoms with van der Waals surface area (Å²) in [6, 6.07) is 8.79. The highest BCUT2D eigenvalue weighted by molar-refractivity contribution is 7.16. The zero-order valence-corrected chi connectivity index (χ0v) is 11.2. The summed E-state index contributed by atoms with van der Waals surface area (Å²) in [7, 11) is 0. The van der Waals surface area contributed by atoms with Crippen LogP contribution in [0.5, 0.6) is 0 Å². The van der Waals surface area contributed by atoms with Crippen LogP contribution in [0.25, 0.3) is 0 Å². The second kappa shape index (κ2) is 5.08. The minimum absolute atomic E-state index is 0.00921. The predicted octanol–water partition coefficient (Wildman–Crippen LogP) is 3.89. The Bertz CT molecular complexity index is 686. The molecule has 1 N–H and O–H groups in total. The molecule has 0 unspecified atom stereocenters. The molecule has 6 heteroatoms. The van der Waals surface area contributed by atoms with Crippen LogP contribution < -0.4 is 5.32 Å². The Morgan fingerprint density at radius 2 is 2.11 bits per heavy atom. The molecule has 96 valence electrons. The molecule has 0 atom stereocenters. The number of thiophene rings is 1. The molecule has 2 rings (SSSR count). The van der Waals surface area contributed by atoms with Crippen molar-refractivity contribution >= 4 is 27.7 Å². The maximum Gasteiger partial charge on any atom is 0.292 e. The fraction of sp³-hybridized carbons (Fsp3) is 0.154. The van der Waals surface area contributed by atoms with E-state index in [1.807, 2.05) is 6.92 Å². The van der Waals surface area contributed by atoms with E-state index < -0.39 is 4.92 Å². The Morgan fingerprint density at radius 3 is 2.74 bits per heavy atom. The van der Waals surface area contributed by atoms with Crippen LogP contribution in [0.2, 0.25) is 0 Å². The summed E-state index contributed by atoms with van der Waals surface area (Å²) in [5.41, 5.74) is 1.72. The number of anilines is 2. The Kier molecular flexibility index (Phi) is 3.49. The van der Waals surface area contributed by atoms with Gasteiger partial charge in [0.15, 0.2) is 0 Å². The van der Waals surface area contributed by atoms with Crippen molar-refractivity contribution in [3.63, 3.8) is 0 Å². The number of nitro groups is 1. The first-order chi connectivity index (χ1) is 9.01. The second-order valence-corrected chi connectivity index (χ2v) is 5.37. The van der Waals surface area contributed by atoms with Crippen LogP contribution in [0.4, 0.5) is 16.4 Å². The van der Waals surface area contributed by atoms with Gasteiger partial charge in [-0.2, -0.15) is 5.26 Å². The minimum Gasteiger partial charge on any atom is -0.341 e. The maximum absolute atomic E-state index is 11.0. The molecule has 19 heavy (non-hydrogen) atoms. The lowest BCUT2D eigenvalue weighted by molar-refractivity contribution is -0.384. The number of hydrogen-bond acceptors (Lipinski definition) is 5. The number of nitriles is 1. The fourth-order valence-corrected chi connectivity index (χ4v) is 2.59. The van der Waals surface area contributed by atoms with Gasteiger partial charge in [0, 0.05) is 10.9 Å². The Balaban J connectivity index is 2.44. The first kappa shape index (κ1) is 13.1. The molecular formula is C13H11N3O2S. The van der Waals surface area contributed by atoms with E-state index in [0.717, 1.165) is 10.4 Å². The minimum atomic E-state index is -0.429. The molecule has 5 nitrogen and oxygen atoms in total. The Labute approximate surface area is 114 Å². The van der Waals surface area contributed by atoms with Crippen molar-refractivity contribution in [1.29, 1.82) is 5.26 Å². The third kappa shape index (κ3) is 2.72. The third-order valence-corrected chi connectivity index (χ3v) is 3.54. The van der Waals surface area contributed by atoms with Gasteiger partial charge in [-0.25, -0.2) is 0 Å². The van der Waals surface area contributed by atoms with E-state index in [2.05, 4.69) is 11.4 Å². The van der Waals surface area contributed by atoms with Gasteiger partial charge in [-0.1, -0.05) is 6.07 Å². The summed E-state index contributed by atoms with van der Waals surface area (Å²) < 4.78 is 0. The SMILES string of the molecule is Cc1ccc(Nc2sc(C)cc2C#N)c([N+](=O)[O-])c1. The standard InChI is InChI=1S/C13H11N3O2S/c1-8-3-4-11(12(5-8)16(17)18)15-13-10(7-14)6-9(2)19-13/h3-6,15H,1-2H3. The lowest BCUT2D eigenvalue weighted by Gasteiger charge is -2.06. The zero-order chi connectivity index (χ0) is 14.0. The number of hydrogen-bond donors (Lipinski definition) is 1. The molecule has 0 radical (unpaired) electrons. The molecule has 1 heterocycles. The smallest absolute Gasteiger partial charge is 0.292 e. The van der Waals surface area contributed by atoms with E-state index in [-0.39, 0.29) is 5.69 Å². The Hall–Kier alpha value is -2.39. The summed E-state index contributed by atoms with van der Waals surface area (Å²) in [5, 5.41) is 23.7. The van der Waals surface area contributed by atoms with Gasteiger partial charge in [0.25, 0.3) is 5.69 Å². The van der Waals surface area contributed by atoms with Crippen molar-refractivity contribution in [3.8, 4) is 6.07 Å². The van der Waals surface area contributed by atoms with Crippen LogP contribution >= 0.6 is 11.3 Å². The van der Waals surface area contributed by atoms with Gasteiger partial charge in [-0.15, -0.1) is 11.3 Å². The quantitative estimate of drug-likeness (QED) is 0.679. The summed E-state index contributed by atoms with van der Waals surface area (Å²) in [5.74, 6) is 0. The summed E-state index contributed by atoms with van der Waals surface area (Å²) in [6.07, 6.45) is 0. The first-order valence-electron chi connectivity index (χ1n) is 5.54. The van der Waals surface area contributed by atoms with Gasteiger partial charge in [0.05, 0.1) is 10.5 Å². The third-order valence-electron chi connectivity index (χ3n) is 2.57. The van der Waals surface area contributed by atoms with E-state index >= 15 is 0 Å². The first-order valence-corrected chi connectivity index (χ1v) is 6.35. The van der Waals surface area contributed by atoms with Crippen LogP contribution in [0, 0.1) is 35.3 Å². The molecule has 0 aliphatic rings. The van der Waals surface area contributed by atoms with Crippen molar-refractivity contribution in [1.82, 2.24) is 0 Å². The van der Waals surface area contributed by atoms with Crippen molar-refractivity contribution < 1.29 is 4.92 Å². The second-order valence-electron chi connectivity index (χ2n) is 4.11. The van der Waals surface area contributed by atoms with Gasteiger partial charge in [0.2, 0.25) is 0 Å². The van der Waals surface area contributed by atoms with Crippen LogP contribution in [0.3, 0.4) is 0 Å². The lowest BCUT2D eigenvalue weighted by Crippen LogP contribution is -1.97. The van der Waals surface area contributed by atoms with E-state index in [0.29, 0.717) is 16.3 Å². The molecule has 0 bridgehead atoms. The molecule has 0 aliphatic carbocycles. The fourth-order valence-electron chi connectivity index (χ4n) is 1.71. The molecule has 1 aromatic carbocycles. The van der Waals surface area contributed by atoms with Crippen LogP contribution in [0.1, 0.15) is 16.0 Å². The molecule has 0 aliphatic heterocycles. The van der Waals surface area contributed by atoms with Crippen LogP contribution in [0.15, 0.2) is 24.3 Å². The molecule has 2 aromatic rings. The summed E-state index contributed by atoms with van der Waals surface area (Å²) in [4.78, 5) is 11.6. The van der Waals surface area contributed by atoms with Gasteiger partial charge >= 0.3 is 0 Å². The monoisotopic (exact) mass is 273 g/mol. The molecule has 0 amide bonds. The number of nitro benzene ring substituents is 1. The molecule has 0 spiro atoms. The molecule has 0 saturated heterocycles. The van der Waals surface area contributed by atoms with Gasteiger partial charge < -0.3 is 5.32 Å². The van der Waals surface area contributed by atoms with E-state index in [4.69, 9.17) is 5.26 Å². The number of rotatable bonds is 3. The number of benzene rings is 1.